The summed E-state index contributed by atoms with van der Waals surface area (Å²) in [7, 11) is 0. The number of hydrogen-bond donors (Lipinski definition) is 2. The number of carbonyl (C=O) groups excluding carboxylic acids is 2. The molecule has 2 N–H and O–H groups in total. The number of aromatic nitrogens is 3. The largest absolute Gasteiger partial charge is 0.325 e. The summed E-state index contributed by atoms with van der Waals surface area (Å²) >= 11 is 1.32. The molecule has 3 aromatic carbocycles. The number of benzene rings is 3. The molecule has 0 fully saturated rings. The minimum absolute atomic E-state index is 0.151. The number of rotatable bonds is 9. The van der Waals surface area contributed by atoms with Crippen molar-refractivity contribution in [3.05, 3.63) is 102 Å². The van der Waals surface area contributed by atoms with Crippen LogP contribution in [0.5, 0.6) is 0 Å². The first-order chi connectivity index (χ1) is 16.6. The molecule has 8 heteroatoms. The summed E-state index contributed by atoms with van der Waals surface area (Å²) in [5, 5.41) is 15.0. The molecule has 0 bridgehead atoms. The molecule has 172 valence electrons. The van der Waals surface area contributed by atoms with Crippen molar-refractivity contribution in [2.45, 2.75) is 25.0 Å². The molecule has 1 heterocycles. The number of nitrogens with one attached hydrogen (secondary N) is 2. The average Bonchev–Trinajstić information content (AvgIpc) is 3.25. The van der Waals surface area contributed by atoms with Crippen LogP contribution in [0, 0.1) is 0 Å². The SMILES string of the molecule is CCn1c(Cc2ccccc2)nnc1SCC(=O)Nc1ccccc1C(=O)Nc1ccccc1. The van der Waals surface area contributed by atoms with Crippen molar-refractivity contribution >= 4 is 35.0 Å². The van der Waals surface area contributed by atoms with E-state index in [1.165, 1.54) is 11.8 Å². The van der Waals surface area contributed by atoms with Crippen LogP contribution in [-0.4, -0.2) is 32.3 Å². The van der Waals surface area contributed by atoms with Gasteiger partial charge >= 0.3 is 0 Å². The molecule has 34 heavy (non-hydrogen) atoms. The predicted octanol–water partition coefficient (Wildman–Crippen LogP) is 4.87. The van der Waals surface area contributed by atoms with Crippen LogP contribution in [0.25, 0.3) is 0 Å². The number of anilines is 2. The van der Waals surface area contributed by atoms with Crippen LogP contribution >= 0.6 is 11.8 Å². The van der Waals surface area contributed by atoms with Gasteiger partial charge in [-0.05, 0) is 36.8 Å². The number of thioether (sulfide) groups is 1. The number of para-hydroxylation sites is 2. The summed E-state index contributed by atoms with van der Waals surface area (Å²) in [6.45, 7) is 2.74. The van der Waals surface area contributed by atoms with E-state index in [4.69, 9.17) is 0 Å². The van der Waals surface area contributed by atoms with Crippen LogP contribution in [0.15, 0.2) is 90.1 Å². The van der Waals surface area contributed by atoms with Gasteiger partial charge in [0, 0.05) is 18.7 Å². The standard InChI is InChI=1S/C26H25N5O2S/c1-2-31-23(17-19-11-5-3-6-12-19)29-30-26(31)34-18-24(32)28-22-16-10-9-15-21(22)25(33)27-20-13-7-4-8-14-20/h3-16H,2,17-18H2,1H3,(H,27,33)(H,28,32). The quantitative estimate of drug-likeness (QED) is 0.340. The Labute approximate surface area is 202 Å². The lowest BCUT2D eigenvalue weighted by Crippen LogP contribution is -2.19. The van der Waals surface area contributed by atoms with Gasteiger partial charge in [-0.25, -0.2) is 0 Å². The van der Waals surface area contributed by atoms with Crippen LogP contribution in [0.1, 0.15) is 28.7 Å². The summed E-state index contributed by atoms with van der Waals surface area (Å²) in [5.74, 6) is 0.503. The molecular formula is C26H25N5O2S. The topological polar surface area (TPSA) is 88.9 Å². The lowest BCUT2D eigenvalue weighted by molar-refractivity contribution is -0.113. The van der Waals surface area contributed by atoms with Gasteiger partial charge in [0.2, 0.25) is 5.91 Å². The van der Waals surface area contributed by atoms with E-state index < -0.39 is 0 Å². The molecular weight excluding hydrogens is 446 g/mol. The third-order valence-electron chi connectivity index (χ3n) is 5.12. The highest BCUT2D eigenvalue weighted by atomic mass is 32.2. The van der Waals surface area contributed by atoms with Gasteiger partial charge in [0.15, 0.2) is 5.16 Å². The molecule has 0 radical (unpaired) electrons. The fraction of sp³-hybridized carbons (Fsp3) is 0.154. The molecule has 4 rings (SSSR count). The Balaban J connectivity index is 1.39. The summed E-state index contributed by atoms with van der Waals surface area (Å²) in [4.78, 5) is 25.4. The molecule has 0 spiro atoms. The molecule has 2 amide bonds. The zero-order chi connectivity index (χ0) is 23.8. The third-order valence-corrected chi connectivity index (χ3v) is 6.09. The van der Waals surface area contributed by atoms with Gasteiger partial charge in [-0.3, -0.25) is 9.59 Å². The summed E-state index contributed by atoms with van der Waals surface area (Å²) < 4.78 is 2.02. The Kier molecular flexibility index (Phi) is 7.72. The maximum atomic E-state index is 12.7. The van der Waals surface area contributed by atoms with Gasteiger partial charge in [-0.2, -0.15) is 0 Å². The van der Waals surface area contributed by atoms with E-state index in [2.05, 4.69) is 33.0 Å². The smallest absolute Gasteiger partial charge is 0.257 e. The molecule has 0 saturated carbocycles. The van der Waals surface area contributed by atoms with Crippen LogP contribution in [-0.2, 0) is 17.8 Å². The van der Waals surface area contributed by atoms with E-state index in [0.717, 1.165) is 11.4 Å². The van der Waals surface area contributed by atoms with Crippen LogP contribution in [0.2, 0.25) is 0 Å². The van der Waals surface area contributed by atoms with E-state index in [1.54, 1.807) is 24.3 Å². The lowest BCUT2D eigenvalue weighted by Gasteiger charge is -2.12. The number of amides is 2. The molecule has 0 atom stereocenters. The summed E-state index contributed by atoms with van der Waals surface area (Å²) in [6.07, 6.45) is 0.679. The van der Waals surface area contributed by atoms with Gasteiger partial charge in [-0.1, -0.05) is 72.4 Å². The molecule has 0 aliphatic rings. The van der Waals surface area contributed by atoms with E-state index >= 15 is 0 Å². The molecule has 0 aliphatic heterocycles. The van der Waals surface area contributed by atoms with E-state index in [0.29, 0.717) is 35.1 Å². The maximum absolute atomic E-state index is 12.7. The van der Waals surface area contributed by atoms with E-state index in [1.807, 2.05) is 60.0 Å². The Hall–Kier alpha value is -3.91. The summed E-state index contributed by atoms with van der Waals surface area (Å²) in [6, 6.07) is 26.2. The monoisotopic (exact) mass is 471 g/mol. The minimum atomic E-state index is -0.286. The average molecular weight is 472 g/mol. The minimum Gasteiger partial charge on any atom is -0.325 e. The fourth-order valence-electron chi connectivity index (χ4n) is 3.48. The number of nitrogens with zero attached hydrogens (tertiary/aromatic N) is 3. The van der Waals surface area contributed by atoms with Crippen LogP contribution in [0.4, 0.5) is 11.4 Å². The zero-order valence-electron chi connectivity index (χ0n) is 18.8. The fourth-order valence-corrected chi connectivity index (χ4v) is 4.30. The van der Waals surface area contributed by atoms with Gasteiger partial charge in [0.1, 0.15) is 5.82 Å². The van der Waals surface area contributed by atoms with Crippen LogP contribution < -0.4 is 10.6 Å². The van der Waals surface area contributed by atoms with Gasteiger partial charge in [0.05, 0.1) is 17.0 Å². The second-order valence-electron chi connectivity index (χ2n) is 7.51. The normalized spacial score (nSPS) is 10.6. The van der Waals surface area contributed by atoms with Crippen LogP contribution in [0.3, 0.4) is 0 Å². The Morgan fingerprint density at radius 1 is 0.853 bits per heavy atom. The summed E-state index contributed by atoms with van der Waals surface area (Å²) in [5.41, 5.74) is 2.70. The highest BCUT2D eigenvalue weighted by molar-refractivity contribution is 7.99. The lowest BCUT2D eigenvalue weighted by atomic mass is 10.1. The van der Waals surface area contributed by atoms with Crippen molar-refractivity contribution in [1.29, 1.82) is 0 Å². The Morgan fingerprint density at radius 2 is 1.53 bits per heavy atom. The number of carbonyl (C=O) groups is 2. The molecule has 0 unspecified atom stereocenters. The van der Waals surface area contributed by atoms with Crippen molar-refractivity contribution in [3.8, 4) is 0 Å². The first-order valence-electron chi connectivity index (χ1n) is 11.0. The highest BCUT2D eigenvalue weighted by Gasteiger charge is 2.16. The maximum Gasteiger partial charge on any atom is 0.257 e. The molecule has 1 aromatic heterocycles. The van der Waals surface area contributed by atoms with Crippen molar-refractivity contribution < 1.29 is 9.59 Å². The zero-order valence-corrected chi connectivity index (χ0v) is 19.6. The first-order valence-corrected chi connectivity index (χ1v) is 12.0. The van der Waals surface area contributed by atoms with Gasteiger partial charge in [0.25, 0.3) is 5.91 Å². The van der Waals surface area contributed by atoms with Crippen molar-refractivity contribution in [2.75, 3.05) is 16.4 Å². The van der Waals surface area contributed by atoms with Gasteiger partial charge < -0.3 is 15.2 Å². The van der Waals surface area contributed by atoms with Crippen molar-refractivity contribution in [3.63, 3.8) is 0 Å². The number of hydrogen-bond acceptors (Lipinski definition) is 5. The third kappa shape index (κ3) is 5.90. The van der Waals surface area contributed by atoms with E-state index in [-0.39, 0.29) is 17.6 Å². The van der Waals surface area contributed by atoms with Crippen molar-refractivity contribution in [1.82, 2.24) is 14.8 Å². The highest BCUT2D eigenvalue weighted by Crippen LogP contribution is 2.21. The second kappa shape index (κ2) is 11.3. The second-order valence-corrected chi connectivity index (χ2v) is 8.45. The Bertz CT molecular complexity index is 1260. The molecule has 0 saturated heterocycles. The van der Waals surface area contributed by atoms with Gasteiger partial charge in [-0.15, -0.1) is 10.2 Å². The predicted molar refractivity (Wildman–Crippen MR) is 135 cm³/mol. The Morgan fingerprint density at radius 3 is 2.26 bits per heavy atom. The molecule has 7 nitrogen and oxygen atoms in total. The molecule has 4 aromatic rings. The molecule has 0 aliphatic carbocycles. The van der Waals surface area contributed by atoms with E-state index in [9.17, 15) is 9.59 Å². The first kappa shape index (κ1) is 23.3. The van der Waals surface area contributed by atoms with Crippen molar-refractivity contribution in [2.24, 2.45) is 0 Å².